The Morgan fingerprint density at radius 3 is 1.21 bits per heavy atom. The first kappa shape index (κ1) is 38.7. The lowest BCUT2D eigenvalue weighted by Gasteiger charge is -2.34. The Hall–Kier alpha value is -6.54. The molecule has 1 aromatic heterocycles. The van der Waals surface area contributed by atoms with Gasteiger partial charge in [-0.15, -0.1) is 0 Å². The van der Waals surface area contributed by atoms with E-state index in [1.54, 1.807) is 0 Å². The second-order valence-corrected chi connectivity index (χ2v) is 28.6. The highest BCUT2D eigenvalue weighted by Gasteiger charge is 2.47. The number of fused-ring (bicyclic) bond motifs is 5. The van der Waals surface area contributed by atoms with Crippen LogP contribution >= 0.6 is 0 Å². The molecule has 296 valence electrons. The van der Waals surface area contributed by atoms with Gasteiger partial charge < -0.3 is 0 Å². The maximum Gasteiger partial charge on any atom is 0.164 e. The normalized spacial score (nSPS) is 13.2. The maximum absolute atomic E-state index is 5.15. The van der Waals surface area contributed by atoms with Crippen molar-refractivity contribution < 1.29 is 0 Å². The zero-order chi connectivity index (χ0) is 41.9. The second-order valence-electron chi connectivity index (χ2n) is 18.5. The quantitative estimate of drug-likeness (QED) is 0.143. The van der Waals surface area contributed by atoms with E-state index in [1.807, 2.05) is 0 Å². The van der Waals surface area contributed by atoms with Crippen LogP contribution in [0.4, 0.5) is 0 Å². The van der Waals surface area contributed by atoms with Crippen LogP contribution in [0.2, 0.25) is 39.3 Å². The van der Waals surface area contributed by atoms with Gasteiger partial charge in [0.15, 0.2) is 17.5 Å². The van der Waals surface area contributed by atoms with Gasteiger partial charge in [0.1, 0.15) is 0 Å². The summed E-state index contributed by atoms with van der Waals surface area (Å²) in [6.45, 7) is 14.3. The topological polar surface area (TPSA) is 38.7 Å². The molecule has 1 aliphatic rings. The summed E-state index contributed by atoms with van der Waals surface area (Å²) < 4.78 is 0. The largest absolute Gasteiger partial charge is 0.208 e. The van der Waals surface area contributed by atoms with Crippen molar-refractivity contribution in [3.8, 4) is 56.4 Å². The molecule has 0 atom stereocenters. The lowest BCUT2D eigenvalue weighted by Crippen LogP contribution is -2.37. The molecule has 1 aliphatic carbocycles. The van der Waals surface area contributed by atoms with E-state index in [1.165, 1.54) is 60.1 Å². The highest BCUT2D eigenvalue weighted by Crippen LogP contribution is 2.58. The van der Waals surface area contributed by atoms with Crippen molar-refractivity contribution in [2.24, 2.45) is 0 Å². The number of nitrogens with zero attached hydrogens (tertiary/aromatic N) is 3. The summed E-state index contributed by atoms with van der Waals surface area (Å²) in [6.07, 6.45) is 0. The molecule has 0 spiro atoms. The molecule has 9 aromatic rings. The molecule has 5 heteroatoms. The van der Waals surface area contributed by atoms with Crippen molar-refractivity contribution >= 4 is 37.3 Å². The van der Waals surface area contributed by atoms with E-state index >= 15 is 0 Å². The molecule has 8 aromatic carbocycles. The minimum atomic E-state index is -1.47. The van der Waals surface area contributed by atoms with Gasteiger partial charge in [-0.1, -0.05) is 232 Å². The highest BCUT2D eigenvalue weighted by atomic mass is 28.3. The van der Waals surface area contributed by atoms with Crippen molar-refractivity contribution in [2.75, 3.05) is 0 Å². The van der Waals surface area contributed by atoms with Gasteiger partial charge in [0.2, 0.25) is 0 Å². The van der Waals surface area contributed by atoms with E-state index in [-0.39, 0.29) is 0 Å². The van der Waals surface area contributed by atoms with Crippen LogP contribution in [0.1, 0.15) is 22.3 Å². The number of hydrogen-bond acceptors (Lipinski definition) is 3. The van der Waals surface area contributed by atoms with Crippen molar-refractivity contribution in [1.82, 2.24) is 15.0 Å². The summed E-state index contributed by atoms with van der Waals surface area (Å²) in [6, 6.07) is 69.1. The van der Waals surface area contributed by atoms with Crippen LogP contribution in [-0.2, 0) is 5.41 Å². The van der Waals surface area contributed by atoms with Crippen LogP contribution in [0.5, 0.6) is 0 Å². The zero-order valence-corrected chi connectivity index (χ0v) is 37.7. The van der Waals surface area contributed by atoms with E-state index in [4.69, 9.17) is 15.0 Å². The molecule has 1 heterocycles. The third-order valence-electron chi connectivity index (χ3n) is 12.6. The Morgan fingerprint density at radius 2 is 0.738 bits per heavy atom. The average Bonchev–Trinajstić information content (AvgIpc) is 3.60. The molecule has 3 nitrogen and oxygen atoms in total. The number of aromatic nitrogens is 3. The molecule has 0 unspecified atom stereocenters. The molecule has 0 N–H and O–H groups in total. The number of rotatable bonds is 8. The third-order valence-corrected chi connectivity index (χ3v) is 16.7. The van der Waals surface area contributed by atoms with E-state index in [2.05, 4.69) is 227 Å². The van der Waals surface area contributed by atoms with Gasteiger partial charge >= 0.3 is 0 Å². The van der Waals surface area contributed by atoms with Crippen LogP contribution in [-0.4, -0.2) is 31.1 Å². The summed E-state index contributed by atoms with van der Waals surface area (Å²) in [5.41, 5.74) is 12.5. The first-order chi connectivity index (χ1) is 29.5. The van der Waals surface area contributed by atoms with Gasteiger partial charge in [0.05, 0.1) is 21.6 Å². The molecule has 0 saturated heterocycles. The fourth-order valence-corrected chi connectivity index (χ4v) is 11.7. The lowest BCUT2D eigenvalue weighted by molar-refractivity contribution is 0.769. The Morgan fingerprint density at radius 1 is 0.344 bits per heavy atom. The van der Waals surface area contributed by atoms with Gasteiger partial charge in [0.25, 0.3) is 0 Å². The molecule has 0 fully saturated rings. The zero-order valence-electron chi connectivity index (χ0n) is 35.7. The summed E-state index contributed by atoms with van der Waals surface area (Å²) >= 11 is 0. The van der Waals surface area contributed by atoms with Crippen molar-refractivity contribution in [1.29, 1.82) is 0 Å². The molecule has 0 radical (unpaired) electrons. The monoisotopic (exact) mass is 819 g/mol. The van der Waals surface area contributed by atoms with Crippen LogP contribution in [0, 0.1) is 0 Å². The minimum Gasteiger partial charge on any atom is -0.208 e. The molecular weight excluding hydrogens is 771 g/mol. The highest BCUT2D eigenvalue weighted by molar-refractivity contribution is 6.89. The van der Waals surface area contributed by atoms with Crippen LogP contribution in [0.25, 0.3) is 67.2 Å². The molecule has 10 rings (SSSR count). The van der Waals surface area contributed by atoms with Gasteiger partial charge in [0, 0.05) is 16.7 Å². The Labute approximate surface area is 361 Å². The third kappa shape index (κ3) is 6.69. The number of hydrogen-bond donors (Lipinski definition) is 0. The molecule has 0 amide bonds. The molecule has 0 saturated carbocycles. The second kappa shape index (κ2) is 14.9. The van der Waals surface area contributed by atoms with Crippen molar-refractivity contribution in [3.05, 3.63) is 210 Å². The summed E-state index contributed by atoms with van der Waals surface area (Å²) in [5, 5.41) is 5.31. The van der Waals surface area contributed by atoms with Gasteiger partial charge in [-0.2, -0.15) is 0 Å². The SMILES string of the molecule is C[Si](C)(C)c1ccc(-c2nc(-c3ccc(-c4cc5c(c6ccccc46)-c4ccccc4C5(c4ccccc4)c4ccccc4)cc3)nc(-c3ccc([Si](C)(C)C)cc3)n2)cc1. The first-order valence-electron chi connectivity index (χ1n) is 21.4. The standard InChI is InChI=1S/C56H49N3Si2/c1-60(2,3)44-33-29-40(30-34-44)54-57-53(58-55(59-54)41-31-35-45(36-32-41)61(4,5)6)39-27-25-38(26-28-39)49-37-51-52(47-22-14-13-21-46(47)49)48-23-15-16-24-50(48)56(51,42-17-9-7-10-18-42)43-19-11-8-12-20-43/h7-37H,1-6H3. The maximum atomic E-state index is 5.15. The number of benzene rings is 8. The van der Waals surface area contributed by atoms with Crippen molar-refractivity contribution in [3.63, 3.8) is 0 Å². The Bertz CT molecular complexity index is 2940. The van der Waals surface area contributed by atoms with Crippen LogP contribution < -0.4 is 10.4 Å². The average molecular weight is 820 g/mol. The van der Waals surface area contributed by atoms with Crippen LogP contribution in [0.15, 0.2) is 188 Å². The van der Waals surface area contributed by atoms with Gasteiger partial charge in [-0.25, -0.2) is 15.0 Å². The molecule has 61 heavy (non-hydrogen) atoms. The van der Waals surface area contributed by atoms with E-state index in [0.717, 1.165) is 22.3 Å². The van der Waals surface area contributed by atoms with E-state index in [0.29, 0.717) is 17.5 Å². The predicted molar refractivity (Wildman–Crippen MR) is 262 cm³/mol. The Balaban J connectivity index is 1.14. The fourth-order valence-electron chi connectivity index (χ4n) is 9.34. The molecular formula is C56H49N3Si2. The van der Waals surface area contributed by atoms with Gasteiger partial charge in [-0.05, 0) is 61.3 Å². The first-order valence-corrected chi connectivity index (χ1v) is 28.4. The molecule has 0 aliphatic heterocycles. The van der Waals surface area contributed by atoms with Gasteiger partial charge in [-0.3, -0.25) is 0 Å². The van der Waals surface area contributed by atoms with Crippen molar-refractivity contribution in [2.45, 2.75) is 44.7 Å². The predicted octanol–water partition coefficient (Wildman–Crippen LogP) is 13.1. The van der Waals surface area contributed by atoms with E-state index < -0.39 is 21.6 Å². The van der Waals surface area contributed by atoms with Crippen LogP contribution in [0.3, 0.4) is 0 Å². The summed E-state index contributed by atoms with van der Waals surface area (Å²) in [5.74, 6) is 2.03. The molecule has 0 bridgehead atoms. The summed E-state index contributed by atoms with van der Waals surface area (Å²) in [4.78, 5) is 15.4. The lowest BCUT2D eigenvalue weighted by atomic mass is 9.67. The minimum absolute atomic E-state index is 0.495. The Kier molecular flexibility index (Phi) is 9.43. The fraction of sp³-hybridized carbons (Fsp3) is 0.125. The summed E-state index contributed by atoms with van der Waals surface area (Å²) in [7, 11) is -2.94. The smallest absolute Gasteiger partial charge is 0.164 e. The van der Waals surface area contributed by atoms with E-state index in [9.17, 15) is 0 Å².